The van der Waals surface area contributed by atoms with Crippen molar-refractivity contribution >= 4 is 130 Å². The Hall–Kier alpha value is -10.5. The van der Waals surface area contributed by atoms with Gasteiger partial charge in [-0.05, 0) is 89.4 Å². The number of ether oxygens (including phenoxy) is 1. The van der Waals surface area contributed by atoms with Gasteiger partial charge in [-0.15, -0.1) is 0 Å². The molecule has 17 N–H and O–H groups in total. The second-order valence-electron chi connectivity index (χ2n) is 26.9. The number of likely N-dealkylation sites (tertiary alicyclic amines) is 1. The van der Waals surface area contributed by atoms with E-state index in [2.05, 4.69) is 31.9 Å². The molecule has 40 heteroatoms. The van der Waals surface area contributed by atoms with Crippen LogP contribution in [0.2, 0.25) is 0 Å². The molecule has 0 aromatic heterocycles. The number of ketones is 6. The molecule has 7 amide bonds. The predicted molar refractivity (Wildman–Crippen MR) is 369 cm³/mol. The van der Waals surface area contributed by atoms with Crippen LogP contribution < -0.4 is 37.6 Å². The molecule has 0 saturated carbocycles. The number of aliphatic carboxylic acids is 9. The van der Waals surface area contributed by atoms with Crippen molar-refractivity contribution in [1.82, 2.24) is 36.8 Å². The Balaban J connectivity index is 3.57. The molecule has 1 rings (SSSR count). The number of hydrogen-bond donors (Lipinski definition) is 16. The Morgan fingerprint density at radius 1 is 0.385 bits per heavy atom. The van der Waals surface area contributed by atoms with E-state index in [-0.39, 0.29) is 62.9 Å². The lowest BCUT2D eigenvalue weighted by atomic mass is 9.88. The number of nitrogens with two attached hydrogens (primary N) is 1. The van der Waals surface area contributed by atoms with Crippen LogP contribution >= 0.6 is 0 Å². The van der Waals surface area contributed by atoms with Gasteiger partial charge in [0.15, 0.2) is 28.9 Å². The van der Waals surface area contributed by atoms with Crippen molar-refractivity contribution in [2.75, 3.05) is 26.8 Å². The number of carbonyl (C=O) groups excluding carboxylic acids is 13. The van der Waals surface area contributed by atoms with Gasteiger partial charge >= 0.3 is 53.7 Å². The second-order valence-corrected chi connectivity index (χ2v) is 26.9. The number of nitrogens with one attached hydrogen (secondary N) is 6. The molecule has 0 unspecified atom stereocenters. The molecule has 11 atom stereocenters. The van der Waals surface area contributed by atoms with Crippen LogP contribution in [-0.2, 0) is 110 Å². The molecule has 610 valence electrons. The lowest BCUT2D eigenvalue weighted by Gasteiger charge is -2.27. The average molecular weight is 1560 g/mol. The summed E-state index contributed by atoms with van der Waals surface area (Å²) < 4.78 is 5.53. The smallest absolute Gasteiger partial charge is 0.303 e. The zero-order valence-electron chi connectivity index (χ0n) is 61.0. The van der Waals surface area contributed by atoms with E-state index >= 15 is 0 Å². The van der Waals surface area contributed by atoms with Crippen LogP contribution in [0.5, 0.6) is 0 Å². The molecule has 0 bridgehead atoms. The van der Waals surface area contributed by atoms with Gasteiger partial charge in [0.1, 0.15) is 18.4 Å². The summed E-state index contributed by atoms with van der Waals surface area (Å²) in [6, 6.07) is -10.8. The number of carbonyl (C=O) groups is 22. The highest BCUT2D eigenvalue weighted by molar-refractivity contribution is 6.00. The van der Waals surface area contributed by atoms with E-state index in [1.54, 1.807) is 0 Å². The summed E-state index contributed by atoms with van der Waals surface area (Å²) >= 11 is 0. The third-order valence-corrected chi connectivity index (χ3v) is 17.7. The first-order chi connectivity index (χ1) is 51.0. The fourth-order valence-corrected chi connectivity index (χ4v) is 11.6. The zero-order valence-corrected chi connectivity index (χ0v) is 61.0. The quantitative estimate of drug-likeness (QED) is 0.0336. The first kappa shape index (κ1) is 96.5. The third-order valence-electron chi connectivity index (χ3n) is 17.7. The molecule has 0 spiro atoms. The molecule has 1 aliphatic heterocycles. The van der Waals surface area contributed by atoms with Gasteiger partial charge in [0.2, 0.25) is 41.4 Å². The van der Waals surface area contributed by atoms with Crippen LogP contribution in [-0.4, -0.2) is 250 Å². The van der Waals surface area contributed by atoms with E-state index in [0.29, 0.717) is 6.42 Å². The average Bonchev–Trinajstić information content (AvgIpc) is 1.81. The highest BCUT2D eigenvalue weighted by atomic mass is 16.5. The van der Waals surface area contributed by atoms with E-state index in [0.717, 1.165) is 0 Å². The Bertz CT molecular complexity index is 3280. The summed E-state index contributed by atoms with van der Waals surface area (Å²) in [6.07, 6.45) is -17.3. The molecule has 0 aromatic carbocycles. The van der Waals surface area contributed by atoms with Crippen LogP contribution in [0.1, 0.15) is 200 Å². The maximum Gasteiger partial charge on any atom is 0.303 e. The minimum absolute atomic E-state index is 0.0294. The summed E-state index contributed by atoms with van der Waals surface area (Å²) in [5.41, 5.74) is 5.80. The fraction of sp³-hybridized carbons (Fsp3) is 0.681. The Morgan fingerprint density at radius 2 is 0.697 bits per heavy atom. The van der Waals surface area contributed by atoms with Gasteiger partial charge in [-0.25, -0.2) is 0 Å². The van der Waals surface area contributed by atoms with Crippen LogP contribution in [0.25, 0.3) is 0 Å². The van der Waals surface area contributed by atoms with Crippen molar-refractivity contribution < 1.29 is 156 Å². The first-order valence-corrected chi connectivity index (χ1v) is 35.5. The van der Waals surface area contributed by atoms with Crippen molar-refractivity contribution in [3.63, 3.8) is 0 Å². The number of nitrogens with zero attached hydrogens (tertiary/aromatic N) is 1. The van der Waals surface area contributed by atoms with Gasteiger partial charge in [0.25, 0.3) is 0 Å². The summed E-state index contributed by atoms with van der Waals surface area (Å²) in [7, 11) is 1.41. The highest BCUT2D eigenvalue weighted by Crippen LogP contribution is 2.25. The van der Waals surface area contributed by atoms with Crippen molar-refractivity contribution in [3.05, 3.63) is 0 Å². The van der Waals surface area contributed by atoms with Gasteiger partial charge in [-0.1, -0.05) is 13.8 Å². The molecule has 109 heavy (non-hydrogen) atoms. The molecule has 1 aliphatic rings. The molecule has 0 aliphatic carbocycles. The van der Waals surface area contributed by atoms with Crippen molar-refractivity contribution in [3.8, 4) is 0 Å². The van der Waals surface area contributed by atoms with E-state index in [9.17, 15) is 146 Å². The largest absolute Gasteiger partial charge is 0.481 e. The molecular formula is C69H102N8O32. The number of amides is 7. The van der Waals surface area contributed by atoms with Gasteiger partial charge in [-0.2, -0.15) is 0 Å². The molecule has 0 aromatic rings. The number of carboxylic acid groups (broad SMARTS) is 9. The fourth-order valence-electron chi connectivity index (χ4n) is 11.6. The number of carboxylic acids is 9. The van der Waals surface area contributed by atoms with E-state index in [1.165, 1.54) is 11.9 Å². The van der Waals surface area contributed by atoms with Crippen molar-refractivity contribution in [2.24, 2.45) is 35.3 Å². The minimum atomic E-state index is -1.99. The topological polar surface area (TPSA) is 668 Å². The molecule has 0 radical (unpaired) electrons. The van der Waals surface area contributed by atoms with E-state index in [4.69, 9.17) is 15.6 Å². The predicted octanol–water partition coefficient (Wildman–Crippen LogP) is -0.679. The number of hydrogen-bond acceptors (Lipinski definition) is 24. The Morgan fingerprint density at radius 3 is 1.03 bits per heavy atom. The maximum atomic E-state index is 14.3. The van der Waals surface area contributed by atoms with Crippen LogP contribution in [0.15, 0.2) is 0 Å². The van der Waals surface area contributed by atoms with Gasteiger partial charge in [0.05, 0.1) is 36.3 Å². The monoisotopic (exact) mass is 1550 g/mol. The van der Waals surface area contributed by atoms with Gasteiger partial charge < -0.3 is 93.2 Å². The standard InChI is InChI=1S/C69H102N8O32/c1-36(2)30-46(49(79)17-18-54(84)71-3)76-69(108)47-6-4-28-77(47)55(85)35-109-29-5-7-48(78)42(13-24-61(96)97)72-66(105)38(9-20-57(88)89)32-51(81)44(15-26-63(100)101)74-68(107)40(11-22-59(92)93)34-53(83)45(16-27-64(102)103)75-67(106)39(10-21-58(90)91)33-52(82)43(14-25-62(98)99)73-65(104)37(8-19-56(86)87)31-50(80)41(70)12-23-60(94)95/h36-47H,4-35,70H2,1-3H3,(H,71,84)(H,72,105)(H,73,104)(H,74,107)(H,75,106)(H,76,108)(H,86,87)(H,88,89)(H,90,91)(H,92,93)(H,94,95)(H,96,97)(H,98,99)(H,100,101)(H,102,103)/t37-,38-,39-,40-,41+,42+,43+,44+,45+,46-,47-/m0/s1. The third kappa shape index (κ3) is 40.8. The normalized spacial score (nSPS) is 15.2. The first-order valence-electron chi connectivity index (χ1n) is 35.5. The summed E-state index contributed by atoms with van der Waals surface area (Å²) in [5.74, 6) is -32.8. The van der Waals surface area contributed by atoms with Crippen LogP contribution in [0.3, 0.4) is 0 Å². The highest BCUT2D eigenvalue weighted by Gasteiger charge is 2.39. The molecule has 40 nitrogen and oxygen atoms in total. The minimum Gasteiger partial charge on any atom is -0.481 e. The molecule has 1 saturated heterocycles. The van der Waals surface area contributed by atoms with Crippen molar-refractivity contribution in [1.29, 1.82) is 0 Å². The molecule has 1 heterocycles. The lowest BCUT2D eigenvalue weighted by molar-refractivity contribution is -0.142. The summed E-state index contributed by atoms with van der Waals surface area (Å²) in [6.45, 7) is 2.99. The van der Waals surface area contributed by atoms with E-state index in [1.807, 2.05) is 13.8 Å². The van der Waals surface area contributed by atoms with Crippen molar-refractivity contribution in [2.45, 2.75) is 242 Å². The summed E-state index contributed by atoms with van der Waals surface area (Å²) in [4.78, 5) is 284. The van der Waals surface area contributed by atoms with Gasteiger partial charge in [-0.3, -0.25) is 105 Å². The SMILES string of the molecule is CNC(=O)CCC(=O)[C@H](CC(C)C)NC(=O)[C@@H]1CCCN1C(=O)COCCCC(=O)[C@@H](CCC(=O)O)NC(=O)[C@@H](CCC(=O)O)CC(=O)[C@@H](CCC(=O)O)NC(=O)[C@@H](CCC(=O)O)CC(=O)[C@@H](CCC(=O)O)NC(=O)[C@@H](CCC(=O)O)CC(=O)[C@@H](CCC(=O)O)NC(=O)[C@@H](CCC(=O)O)CC(=O)[C@H](N)CCC(=O)O. The van der Waals surface area contributed by atoms with E-state index < -0.39 is 338 Å². The zero-order chi connectivity index (χ0) is 82.8. The Kier molecular flexibility index (Phi) is 45.1. The molecule has 1 fully saturated rings. The van der Waals surface area contributed by atoms with Crippen LogP contribution in [0.4, 0.5) is 0 Å². The Labute approximate surface area is 625 Å². The van der Waals surface area contributed by atoms with Gasteiger partial charge in [0, 0.05) is 147 Å². The number of rotatable bonds is 62. The second kappa shape index (κ2) is 50.9. The summed E-state index contributed by atoms with van der Waals surface area (Å²) in [5, 5.41) is 99.9. The lowest BCUT2D eigenvalue weighted by Crippen LogP contribution is -2.51. The molecular weight excluding hydrogens is 1450 g/mol. The van der Waals surface area contributed by atoms with Crippen LogP contribution in [0, 0.1) is 29.6 Å². The maximum absolute atomic E-state index is 14.3. The number of Topliss-reactive ketones (excluding diaryl/α,β-unsaturated/α-hetero) is 6.